The second-order valence-corrected chi connectivity index (χ2v) is 7.32. The molecular weight excluding hydrogens is 260 g/mol. The Hall–Kier alpha value is -0.600. The highest BCUT2D eigenvalue weighted by molar-refractivity contribution is 5.18. The Balaban J connectivity index is 3.12. The van der Waals surface area contributed by atoms with Crippen LogP contribution in [0, 0.1) is 17.3 Å². The SMILES string of the molecule is C=CC1C[C@@H](CC)C(C)(C)[C@H]([C@@H](C)/C(C)=C(\C)[C@H](C)O)O1. The van der Waals surface area contributed by atoms with Crippen molar-refractivity contribution in [1.29, 1.82) is 0 Å². The molecule has 0 spiro atoms. The predicted octanol–water partition coefficient (Wildman–Crippen LogP) is 4.74. The Morgan fingerprint density at radius 1 is 1.33 bits per heavy atom. The van der Waals surface area contributed by atoms with E-state index < -0.39 is 6.10 Å². The van der Waals surface area contributed by atoms with Crippen molar-refractivity contribution in [1.82, 2.24) is 0 Å². The third-order valence-electron chi connectivity index (χ3n) is 5.77. The molecule has 1 fully saturated rings. The Morgan fingerprint density at radius 2 is 1.90 bits per heavy atom. The van der Waals surface area contributed by atoms with E-state index in [1.165, 1.54) is 12.0 Å². The van der Waals surface area contributed by atoms with Gasteiger partial charge in [0.1, 0.15) is 0 Å². The summed E-state index contributed by atoms with van der Waals surface area (Å²) in [6.45, 7) is 19.1. The fraction of sp³-hybridized carbons (Fsp3) is 0.789. The molecule has 1 rings (SSSR count). The zero-order chi connectivity index (χ0) is 16.4. The molecule has 0 aromatic heterocycles. The average molecular weight is 294 g/mol. The topological polar surface area (TPSA) is 29.5 Å². The minimum Gasteiger partial charge on any atom is -0.389 e. The lowest BCUT2D eigenvalue weighted by Crippen LogP contribution is -2.50. The summed E-state index contributed by atoms with van der Waals surface area (Å²) >= 11 is 0. The lowest BCUT2D eigenvalue weighted by molar-refractivity contribution is -0.147. The third-order valence-corrected chi connectivity index (χ3v) is 5.77. The molecule has 2 heteroatoms. The Morgan fingerprint density at radius 3 is 2.33 bits per heavy atom. The first-order chi connectivity index (χ1) is 9.66. The van der Waals surface area contributed by atoms with E-state index in [0.29, 0.717) is 11.8 Å². The van der Waals surface area contributed by atoms with Gasteiger partial charge in [-0.05, 0) is 44.1 Å². The fourth-order valence-corrected chi connectivity index (χ4v) is 3.76. The maximum Gasteiger partial charge on any atom is 0.0760 e. The van der Waals surface area contributed by atoms with Gasteiger partial charge in [-0.25, -0.2) is 0 Å². The van der Waals surface area contributed by atoms with Gasteiger partial charge in [-0.15, -0.1) is 6.58 Å². The Kier molecular flexibility index (Phi) is 6.24. The van der Waals surface area contributed by atoms with Crippen molar-refractivity contribution in [2.75, 3.05) is 0 Å². The van der Waals surface area contributed by atoms with Crippen LogP contribution in [0.5, 0.6) is 0 Å². The van der Waals surface area contributed by atoms with E-state index in [0.717, 1.165) is 12.0 Å². The van der Waals surface area contributed by atoms with Gasteiger partial charge in [0.05, 0.1) is 18.3 Å². The first-order valence-corrected chi connectivity index (χ1v) is 8.30. The van der Waals surface area contributed by atoms with Gasteiger partial charge in [-0.2, -0.15) is 0 Å². The van der Waals surface area contributed by atoms with Gasteiger partial charge in [0.2, 0.25) is 0 Å². The largest absolute Gasteiger partial charge is 0.389 e. The minimum absolute atomic E-state index is 0.133. The van der Waals surface area contributed by atoms with Crippen LogP contribution in [0.3, 0.4) is 0 Å². The van der Waals surface area contributed by atoms with Crippen molar-refractivity contribution >= 4 is 0 Å². The summed E-state index contributed by atoms with van der Waals surface area (Å²) in [6, 6.07) is 0. The van der Waals surface area contributed by atoms with Crippen LogP contribution in [0.1, 0.15) is 61.3 Å². The van der Waals surface area contributed by atoms with Crippen LogP contribution in [-0.4, -0.2) is 23.4 Å². The lowest BCUT2D eigenvalue weighted by atomic mass is 9.64. The van der Waals surface area contributed by atoms with E-state index >= 15 is 0 Å². The zero-order valence-corrected chi connectivity index (χ0v) is 14.9. The smallest absolute Gasteiger partial charge is 0.0760 e. The van der Waals surface area contributed by atoms with Gasteiger partial charge in [-0.1, -0.05) is 45.8 Å². The molecule has 5 atom stereocenters. The molecule has 0 saturated carbocycles. The molecule has 0 aromatic rings. The number of hydrogen-bond acceptors (Lipinski definition) is 2. The molecule has 1 N–H and O–H groups in total. The number of aliphatic hydroxyl groups is 1. The van der Waals surface area contributed by atoms with E-state index in [-0.39, 0.29) is 17.6 Å². The zero-order valence-electron chi connectivity index (χ0n) is 14.9. The van der Waals surface area contributed by atoms with E-state index in [1.54, 1.807) is 0 Å². The van der Waals surface area contributed by atoms with Crippen LogP contribution >= 0.6 is 0 Å². The summed E-state index contributed by atoms with van der Waals surface area (Å²) in [4.78, 5) is 0. The van der Waals surface area contributed by atoms with Crippen LogP contribution in [0.2, 0.25) is 0 Å². The molecule has 1 aliphatic rings. The molecule has 0 aliphatic carbocycles. The maximum atomic E-state index is 9.85. The van der Waals surface area contributed by atoms with Gasteiger partial charge in [-0.3, -0.25) is 0 Å². The molecule has 0 bridgehead atoms. The normalized spacial score (nSPS) is 33.0. The summed E-state index contributed by atoms with van der Waals surface area (Å²) in [5.74, 6) is 0.938. The van der Waals surface area contributed by atoms with Crippen molar-refractivity contribution in [2.24, 2.45) is 17.3 Å². The molecular formula is C19H34O2. The summed E-state index contributed by atoms with van der Waals surface area (Å²) in [5.41, 5.74) is 2.45. The Labute approximate surface area is 131 Å². The van der Waals surface area contributed by atoms with Gasteiger partial charge in [0, 0.05) is 5.92 Å². The van der Waals surface area contributed by atoms with E-state index in [2.05, 4.69) is 41.2 Å². The molecule has 1 heterocycles. The highest BCUT2D eigenvalue weighted by Crippen LogP contribution is 2.47. The van der Waals surface area contributed by atoms with E-state index in [4.69, 9.17) is 4.74 Å². The first kappa shape index (κ1) is 18.4. The van der Waals surface area contributed by atoms with E-state index in [9.17, 15) is 5.11 Å². The minimum atomic E-state index is -0.392. The van der Waals surface area contributed by atoms with Gasteiger partial charge in [0.25, 0.3) is 0 Å². The van der Waals surface area contributed by atoms with Gasteiger partial charge < -0.3 is 9.84 Å². The van der Waals surface area contributed by atoms with Crippen molar-refractivity contribution in [3.63, 3.8) is 0 Å². The molecule has 1 unspecified atom stereocenters. The number of ether oxygens (including phenoxy) is 1. The van der Waals surface area contributed by atoms with Crippen LogP contribution in [0.25, 0.3) is 0 Å². The third kappa shape index (κ3) is 3.78. The molecule has 1 saturated heterocycles. The number of hydrogen-bond donors (Lipinski definition) is 1. The second-order valence-electron chi connectivity index (χ2n) is 7.32. The summed E-state index contributed by atoms with van der Waals surface area (Å²) in [5, 5.41) is 9.85. The van der Waals surface area contributed by atoms with Crippen molar-refractivity contribution < 1.29 is 9.84 Å². The number of aliphatic hydroxyl groups excluding tert-OH is 1. The molecule has 122 valence electrons. The Bertz CT molecular complexity index is 392. The standard InChI is InChI=1S/C19H34O2/c1-9-16-11-17(10-2)21-18(19(16,7)8)14(5)12(3)13(4)15(6)20/h10,14-18,20H,2,9,11H2,1,3-8H3/b13-12+/t14-,15-,16+,17?,18-/m0/s1. The van der Waals surface area contributed by atoms with Crippen molar-refractivity contribution in [3.05, 3.63) is 23.8 Å². The summed E-state index contributed by atoms with van der Waals surface area (Å²) in [6.07, 6.45) is 4.09. The molecule has 2 nitrogen and oxygen atoms in total. The van der Waals surface area contributed by atoms with Crippen molar-refractivity contribution in [3.8, 4) is 0 Å². The highest BCUT2D eigenvalue weighted by Gasteiger charge is 2.45. The van der Waals surface area contributed by atoms with Gasteiger partial charge >= 0.3 is 0 Å². The summed E-state index contributed by atoms with van der Waals surface area (Å²) in [7, 11) is 0. The molecule has 0 radical (unpaired) electrons. The van der Waals surface area contributed by atoms with Crippen molar-refractivity contribution in [2.45, 2.75) is 79.6 Å². The fourth-order valence-electron chi connectivity index (χ4n) is 3.76. The maximum absolute atomic E-state index is 9.85. The predicted molar refractivity (Wildman–Crippen MR) is 90.3 cm³/mol. The van der Waals surface area contributed by atoms with Crippen LogP contribution in [0.15, 0.2) is 23.8 Å². The van der Waals surface area contributed by atoms with Crippen LogP contribution < -0.4 is 0 Å². The van der Waals surface area contributed by atoms with Crippen LogP contribution in [-0.2, 0) is 4.74 Å². The molecule has 0 aromatic carbocycles. The van der Waals surface area contributed by atoms with E-state index in [1.807, 2.05) is 19.9 Å². The lowest BCUT2D eigenvalue weighted by Gasteiger charge is -2.50. The van der Waals surface area contributed by atoms with Crippen LogP contribution in [0.4, 0.5) is 0 Å². The quantitative estimate of drug-likeness (QED) is 0.742. The number of rotatable bonds is 5. The highest BCUT2D eigenvalue weighted by atomic mass is 16.5. The first-order valence-electron chi connectivity index (χ1n) is 8.30. The average Bonchev–Trinajstić information content (AvgIpc) is 2.44. The molecule has 21 heavy (non-hydrogen) atoms. The monoisotopic (exact) mass is 294 g/mol. The summed E-state index contributed by atoms with van der Waals surface area (Å²) < 4.78 is 6.36. The molecule has 0 amide bonds. The second kappa shape index (κ2) is 7.11. The van der Waals surface area contributed by atoms with Gasteiger partial charge in [0.15, 0.2) is 0 Å². The molecule has 1 aliphatic heterocycles.